The van der Waals surface area contributed by atoms with Crippen molar-refractivity contribution in [3.63, 3.8) is 0 Å². The summed E-state index contributed by atoms with van der Waals surface area (Å²) in [5.74, 6) is -0.541. The molecule has 1 amide bonds. The molecular weight excluding hydrogens is 434 g/mol. The topological polar surface area (TPSA) is 75.9 Å². The number of nitrogens with zero attached hydrogens (tertiary/aromatic N) is 3. The van der Waals surface area contributed by atoms with Gasteiger partial charge in [0.1, 0.15) is 5.69 Å². The highest BCUT2D eigenvalue weighted by molar-refractivity contribution is 5.77. The van der Waals surface area contributed by atoms with Crippen LogP contribution in [0.15, 0.2) is 36.4 Å². The fourth-order valence-electron chi connectivity index (χ4n) is 3.58. The van der Waals surface area contributed by atoms with Crippen LogP contribution >= 0.6 is 0 Å². The highest BCUT2D eigenvalue weighted by Gasteiger charge is 2.34. The third-order valence-electron chi connectivity index (χ3n) is 5.32. The number of ether oxygens (including phenoxy) is 1. The second kappa shape index (κ2) is 9.41. The number of anilines is 1. The first-order chi connectivity index (χ1) is 15.1. The lowest BCUT2D eigenvalue weighted by atomic mass is 10.1. The standard InChI is InChI=1S/C21H21F4N3O4/c1-32-19-6-2-14(12-16(19)22)3-7-20(29)27-10-8-26(9-11-27)17-5-4-15(21(23,24)25)13-18(17)28(30)31/h2,4-6,12-13H,3,7-11H2,1H3. The van der Waals surface area contributed by atoms with Crippen LogP contribution in [0.3, 0.4) is 0 Å². The summed E-state index contributed by atoms with van der Waals surface area (Å²) in [7, 11) is 1.36. The summed E-state index contributed by atoms with van der Waals surface area (Å²) in [6.07, 6.45) is -4.18. The quantitative estimate of drug-likeness (QED) is 0.373. The van der Waals surface area contributed by atoms with Crippen molar-refractivity contribution in [2.75, 3.05) is 38.2 Å². The van der Waals surface area contributed by atoms with Crippen LogP contribution in [0.25, 0.3) is 0 Å². The maximum Gasteiger partial charge on any atom is 0.416 e. The van der Waals surface area contributed by atoms with E-state index in [2.05, 4.69) is 0 Å². The predicted octanol–water partition coefficient (Wildman–Crippen LogP) is 4.04. The molecule has 172 valence electrons. The summed E-state index contributed by atoms with van der Waals surface area (Å²) in [6.45, 7) is 1.03. The maximum atomic E-state index is 13.8. The van der Waals surface area contributed by atoms with E-state index >= 15 is 0 Å². The Hall–Kier alpha value is -3.37. The number of halogens is 4. The summed E-state index contributed by atoms with van der Waals surface area (Å²) in [5.41, 5.74) is -0.975. The Balaban J connectivity index is 1.60. The smallest absolute Gasteiger partial charge is 0.416 e. The van der Waals surface area contributed by atoms with Crippen LogP contribution in [-0.2, 0) is 17.4 Å². The molecule has 3 rings (SSSR count). The predicted molar refractivity (Wildman–Crippen MR) is 108 cm³/mol. The summed E-state index contributed by atoms with van der Waals surface area (Å²) < 4.78 is 57.3. The van der Waals surface area contributed by atoms with Crippen molar-refractivity contribution < 1.29 is 32.0 Å². The minimum atomic E-state index is -4.68. The average molecular weight is 455 g/mol. The number of piperazine rings is 1. The molecular formula is C21H21F4N3O4. The Kier molecular flexibility index (Phi) is 6.85. The van der Waals surface area contributed by atoms with Crippen molar-refractivity contribution in [2.45, 2.75) is 19.0 Å². The van der Waals surface area contributed by atoms with Crippen LogP contribution in [-0.4, -0.2) is 49.0 Å². The van der Waals surface area contributed by atoms with Gasteiger partial charge in [0, 0.05) is 38.7 Å². The first kappa shape index (κ1) is 23.3. The average Bonchev–Trinajstić information content (AvgIpc) is 2.76. The number of benzene rings is 2. The number of nitro groups is 1. The number of hydrogen-bond donors (Lipinski definition) is 0. The molecule has 0 aromatic heterocycles. The SMILES string of the molecule is COc1ccc(CCC(=O)N2CCN(c3ccc(C(F)(F)F)cc3[N+](=O)[O-])CC2)cc1F. The van der Waals surface area contributed by atoms with E-state index in [0.717, 1.165) is 12.1 Å². The Morgan fingerprint density at radius 3 is 2.38 bits per heavy atom. The van der Waals surface area contributed by atoms with Crippen molar-refractivity contribution in [1.29, 1.82) is 0 Å². The van der Waals surface area contributed by atoms with E-state index < -0.39 is 28.2 Å². The van der Waals surface area contributed by atoms with Crippen molar-refractivity contribution in [3.05, 3.63) is 63.5 Å². The Bertz CT molecular complexity index is 1010. The lowest BCUT2D eigenvalue weighted by Crippen LogP contribution is -2.49. The minimum Gasteiger partial charge on any atom is -0.494 e. The first-order valence-electron chi connectivity index (χ1n) is 9.81. The van der Waals surface area contributed by atoms with Gasteiger partial charge in [-0.2, -0.15) is 13.2 Å². The second-order valence-corrected chi connectivity index (χ2v) is 7.30. The molecule has 1 heterocycles. The number of nitro benzene ring substituents is 1. The van der Waals surface area contributed by atoms with E-state index in [9.17, 15) is 32.5 Å². The molecule has 1 aliphatic rings. The lowest BCUT2D eigenvalue weighted by molar-refractivity contribution is -0.384. The maximum absolute atomic E-state index is 13.8. The van der Waals surface area contributed by atoms with Crippen LogP contribution in [0.5, 0.6) is 5.75 Å². The summed E-state index contributed by atoms with van der Waals surface area (Å²) in [6, 6.07) is 6.92. The van der Waals surface area contributed by atoms with Gasteiger partial charge in [0.05, 0.1) is 17.6 Å². The third-order valence-corrected chi connectivity index (χ3v) is 5.32. The molecule has 0 radical (unpaired) electrons. The largest absolute Gasteiger partial charge is 0.494 e. The minimum absolute atomic E-state index is 0.0869. The molecule has 0 aliphatic carbocycles. The second-order valence-electron chi connectivity index (χ2n) is 7.30. The fourth-order valence-corrected chi connectivity index (χ4v) is 3.58. The molecule has 32 heavy (non-hydrogen) atoms. The van der Waals surface area contributed by atoms with E-state index in [1.165, 1.54) is 19.2 Å². The molecule has 2 aromatic carbocycles. The lowest BCUT2D eigenvalue weighted by Gasteiger charge is -2.36. The van der Waals surface area contributed by atoms with Crippen LogP contribution in [0.1, 0.15) is 17.5 Å². The van der Waals surface area contributed by atoms with Gasteiger partial charge < -0.3 is 14.5 Å². The molecule has 0 unspecified atom stereocenters. The summed E-state index contributed by atoms with van der Waals surface area (Å²) in [5, 5.41) is 11.3. The van der Waals surface area contributed by atoms with Gasteiger partial charge in [-0.3, -0.25) is 14.9 Å². The molecule has 1 saturated heterocycles. The number of carbonyl (C=O) groups excluding carboxylic acids is 1. The van der Waals surface area contributed by atoms with Crippen LogP contribution in [0, 0.1) is 15.9 Å². The molecule has 0 saturated carbocycles. The van der Waals surface area contributed by atoms with Crippen LogP contribution < -0.4 is 9.64 Å². The van der Waals surface area contributed by atoms with E-state index in [0.29, 0.717) is 18.1 Å². The first-order valence-corrected chi connectivity index (χ1v) is 9.81. The number of rotatable bonds is 6. The zero-order chi connectivity index (χ0) is 23.5. The molecule has 1 aliphatic heterocycles. The van der Waals surface area contributed by atoms with Crippen molar-refractivity contribution in [3.8, 4) is 5.75 Å². The van der Waals surface area contributed by atoms with Gasteiger partial charge in [0.15, 0.2) is 11.6 Å². The van der Waals surface area contributed by atoms with Gasteiger partial charge >= 0.3 is 6.18 Å². The zero-order valence-electron chi connectivity index (χ0n) is 17.2. The van der Waals surface area contributed by atoms with Crippen molar-refractivity contribution >= 4 is 17.3 Å². The monoisotopic (exact) mass is 455 g/mol. The van der Waals surface area contributed by atoms with E-state index in [1.807, 2.05) is 0 Å². The number of aryl methyl sites for hydroxylation is 1. The van der Waals surface area contributed by atoms with E-state index in [-0.39, 0.29) is 49.9 Å². The van der Waals surface area contributed by atoms with Gasteiger partial charge in [-0.25, -0.2) is 4.39 Å². The van der Waals surface area contributed by atoms with E-state index in [1.54, 1.807) is 15.9 Å². The Morgan fingerprint density at radius 2 is 1.81 bits per heavy atom. The molecule has 1 fully saturated rings. The Labute approximate surface area is 181 Å². The Morgan fingerprint density at radius 1 is 1.12 bits per heavy atom. The highest BCUT2D eigenvalue weighted by Crippen LogP contribution is 2.36. The molecule has 0 N–H and O–H groups in total. The van der Waals surface area contributed by atoms with Crippen molar-refractivity contribution in [2.24, 2.45) is 0 Å². The number of carbonyl (C=O) groups is 1. The van der Waals surface area contributed by atoms with Gasteiger partial charge in [-0.05, 0) is 36.2 Å². The number of amides is 1. The number of hydrogen-bond acceptors (Lipinski definition) is 5. The molecule has 11 heteroatoms. The third kappa shape index (κ3) is 5.27. The fraction of sp³-hybridized carbons (Fsp3) is 0.381. The van der Waals surface area contributed by atoms with Gasteiger partial charge in [0.2, 0.25) is 5.91 Å². The summed E-state index contributed by atoms with van der Waals surface area (Å²) in [4.78, 5) is 26.2. The van der Waals surface area contributed by atoms with E-state index in [4.69, 9.17) is 4.74 Å². The zero-order valence-corrected chi connectivity index (χ0v) is 17.2. The molecule has 0 bridgehead atoms. The van der Waals surface area contributed by atoms with Gasteiger partial charge in [0.25, 0.3) is 5.69 Å². The molecule has 7 nitrogen and oxygen atoms in total. The van der Waals surface area contributed by atoms with Crippen molar-refractivity contribution in [1.82, 2.24) is 4.90 Å². The number of methoxy groups -OCH3 is 1. The molecule has 0 spiro atoms. The number of alkyl halides is 3. The van der Waals surface area contributed by atoms with Crippen LogP contribution in [0.4, 0.5) is 28.9 Å². The molecule has 2 aromatic rings. The van der Waals surface area contributed by atoms with Gasteiger partial charge in [-0.1, -0.05) is 6.07 Å². The molecule has 0 atom stereocenters. The summed E-state index contributed by atoms with van der Waals surface area (Å²) >= 11 is 0. The van der Waals surface area contributed by atoms with Crippen LogP contribution in [0.2, 0.25) is 0 Å². The highest BCUT2D eigenvalue weighted by atomic mass is 19.4. The normalized spacial score (nSPS) is 14.4. The van der Waals surface area contributed by atoms with Gasteiger partial charge in [-0.15, -0.1) is 0 Å².